The molecule has 12 heteroatoms. The van der Waals surface area contributed by atoms with Gasteiger partial charge in [-0.15, -0.1) is 0 Å². The topological polar surface area (TPSA) is 119 Å². The van der Waals surface area contributed by atoms with E-state index in [2.05, 4.69) is 0 Å². The van der Waals surface area contributed by atoms with Crippen LogP contribution >= 0.6 is 0 Å². The van der Waals surface area contributed by atoms with Gasteiger partial charge in [-0.1, -0.05) is 0 Å². The molecule has 6 aromatic rings. The van der Waals surface area contributed by atoms with E-state index >= 15 is 0 Å². The lowest BCUT2D eigenvalue weighted by atomic mass is 10.0. The van der Waals surface area contributed by atoms with Gasteiger partial charge in [0, 0.05) is 54.3 Å². The minimum atomic E-state index is 0.0637. The number of ether oxygens (including phenoxy) is 2. The summed E-state index contributed by atoms with van der Waals surface area (Å²) in [5.74, 6) is 1.74. The smallest absolute Gasteiger partial charge is 0.228 e. The van der Waals surface area contributed by atoms with Gasteiger partial charge in [0.05, 0.1) is 48.8 Å². The summed E-state index contributed by atoms with van der Waals surface area (Å²) >= 11 is 0. The molecule has 4 heterocycles. The fourth-order valence-electron chi connectivity index (χ4n) is 7.55. The molecule has 0 fully saturated rings. The maximum atomic E-state index is 13.2. The number of aryl methyl sites for hydroxylation is 4. The van der Waals surface area contributed by atoms with Crippen LogP contribution in [0, 0.1) is 27.7 Å². The number of rotatable bonds is 19. The van der Waals surface area contributed by atoms with Crippen molar-refractivity contribution in [2.75, 3.05) is 39.4 Å². The average Bonchev–Trinajstić information content (AvgIpc) is 3.75. The highest BCUT2D eigenvalue weighted by molar-refractivity contribution is 5.85. The highest BCUT2D eigenvalue weighted by atomic mass is 16.5. The first-order chi connectivity index (χ1) is 28.0. The van der Waals surface area contributed by atoms with Crippen LogP contribution in [0.15, 0.2) is 60.7 Å². The van der Waals surface area contributed by atoms with Gasteiger partial charge in [0.25, 0.3) is 0 Å². The van der Waals surface area contributed by atoms with Gasteiger partial charge in [-0.3, -0.25) is 9.59 Å². The fourth-order valence-corrected chi connectivity index (χ4v) is 7.55. The summed E-state index contributed by atoms with van der Waals surface area (Å²) in [6.07, 6.45) is 4.43. The standard InChI is InChI=1S/C46H58N8O4/c1-9-51(10-2)41(55)29-39-43(50-53-34(8)28-32(6)47-46(39)53)35-17-21-37(22-18-35)57-25-15-13-14-16-26-58-38-23-19-36(20-24-38)44-40(30-42(56)52(11-3)12-4)54-45(48-44)31(5)27-33(7)49-54/h17-24,27-28H,9-16,25-26,29-30H2,1-8H3. The van der Waals surface area contributed by atoms with Gasteiger partial charge in [-0.05, 0) is 147 Å². The van der Waals surface area contributed by atoms with Crippen LogP contribution in [0.4, 0.5) is 0 Å². The van der Waals surface area contributed by atoms with Crippen molar-refractivity contribution in [2.24, 2.45) is 0 Å². The molecule has 6 rings (SSSR count). The number of amides is 2. The van der Waals surface area contributed by atoms with E-state index in [0.29, 0.717) is 39.4 Å². The zero-order chi connectivity index (χ0) is 41.3. The van der Waals surface area contributed by atoms with Crippen LogP contribution in [0.3, 0.4) is 0 Å². The van der Waals surface area contributed by atoms with Crippen LogP contribution in [0.1, 0.15) is 87.3 Å². The molecule has 12 nitrogen and oxygen atoms in total. The second-order valence-electron chi connectivity index (χ2n) is 14.9. The van der Waals surface area contributed by atoms with Crippen molar-refractivity contribution in [2.45, 2.75) is 93.9 Å². The minimum Gasteiger partial charge on any atom is -0.494 e. The molecule has 0 unspecified atom stereocenters. The third-order valence-electron chi connectivity index (χ3n) is 10.7. The molecule has 0 radical (unpaired) electrons. The molecule has 306 valence electrons. The van der Waals surface area contributed by atoms with Crippen molar-refractivity contribution in [1.82, 2.24) is 39.0 Å². The summed E-state index contributed by atoms with van der Waals surface area (Å²) in [5.41, 5.74) is 10.3. The maximum absolute atomic E-state index is 13.2. The molecule has 58 heavy (non-hydrogen) atoms. The van der Waals surface area contributed by atoms with Gasteiger partial charge >= 0.3 is 0 Å². The second-order valence-corrected chi connectivity index (χ2v) is 14.9. The lowest BCUT2D eigenvalue weighted by molar-refractivity contribution is -0.130. The van der Waals surface area contributed by atoms with E-state index in [0.717, 1.165) is 105 Å². The van der Waals surface area contributed by atoms with Crippen molar-refractivity contribution in [1.29, 1.82) is 0 Å². The van der Waals surface area contributed by atoms with Gasteiger partial charge in [0.2, 0.25) is 11.8 Å². The van der Waals surface area contributed by atoms with Crippen molar-refractivity contribution in [3.63, 3.8) is 0 Å². The Labute approximate surface area is 342 Å². The SMILES string of the molecule is CCN(CC)C(=O)Cc1c(-c2ccc(OCCCCCCOc3ccc(-c4nc5c(C)cc(C)nn5c4CC(=O)N(CC)CC)cc3)cc2)nn2c(C)cc(C)nc12. The molecule has 2 amide bonds. The summed E-state index contributed by atoms with van der Waals surface area (Å²) in [7, 11) is 0. The summed E-state index contributed by atoms with van der Waals surface area (Å²) < 4.78 is 15.9. The monoisotopic (exact) mass is 786 g/mol. The number of nitrogens with zero attached hydrogens (tertiary/aromatic N) is 8. The number of hydrogen-bond donors (Lipinski definition) is 0. The molecule has 0 saturated heterocycles. The lowest BCUT2D eigenvalue weighted by Crippen LogP contribution is -2.32. The van der Waals surface area contributed by atoms with E-state index in [1.807, 2.05) is 135 Å². The predicted octanol–water partition coefficient (Wildman–Crippen LogP) is 8.18. The molecule has 0 aliphatic heterocycles. The Kier molecular flexibility index (Phi) is 13.8. The van der Waals surface area contributed by atoms with Crippen molar-refractivity contribution < 1.29 is 19.1 Å². The minimum absolute atomic E-state index is 0.0637. The number of carbonyl (C=O) groups excluding carboxylic acids is 2. The van der Waals surface area contributed by atoms with Crippen LogP contribution in [-0.4, -0.2) is 90.2 Å². The number of likely N-dealkylation sites (N-methyl/N-ethyl adjacent to an activating group) is 2. The number of benzene rings is 2. The molecule has 0 N–H and O–H groups in total. The maximum Gasteiger partial charge on any atom is 0.228 e. The zero-order valence-corrected chi connectivity index (χ0v) is 35.5. The molecule has 2 aromatic carbocycles. The van der Waals surface area contributed by atoms with Gasteiger partial charge in [-0.25, -0.2) is 19.0 Å². The van der Waals surface area contributed by atoms with Gasteiger partial charge in [0.1, 0.15) is 11.5 Å². The van der Waals surface area contributed by atoms with Crippen LogP contribution in [0.25, 0.3) is 33.8 Å². The van der Waals surface area contributed by atoms with E-state index < -0.39 is 0 Å². The quantitative estimate of drug-likeness (QED) is 0.0755. The molecule has 4 aromatic heterocycles. The second kappa shape index (κ2) is 19.1. The molecule has 0 spiro atoms. The molecular formula is C46H58N8O4. The first kappa shape index (κ1) is 41.8. The third-order valence-corrected chi connectivity index (χ3v) is 10.7. The Hall–Kier alpha value is -5.78. The van der Waals surface area contributed by atoms with Gasteiger partial charge in [-0.2, -0.15) is 10.2 Å². The first-order valence-corrected chi connectivity index (χ1v) is 20.8. The Balaban J connectivity index is 0.986. The number of imidazole rings is 1. The summed E-state index contributed by atoms with van der Waals surface area (Å²) in [4.78, 5) is 39.8. The van der Waals surface area contributed by atoms with Gasteiger partial charge < -0.3 is 19.3 Å². The van der Waals surface area contributed by atoms with Crippen LogP contribution in [0.2, 0.25) is 0 Å². The Bertz CT molecular complexity index is 2170. The van der Waals surface area contributed by atoms with E-state index in [4.69, 9.17) is 29.6 Å². The highest BCUT2D eigenvalue weighted by Crippen LogP contribution is 2.30. The molecule has 0 bridgehead atoms. The zero-order valence-electron chi connectivity index (χ0n) is 35.5. The number of fused-ring (bicyclic) bond motifs is 2. The Morgan fingerprint density at radius 3 is 1.67 bits per heavy atom. The Morgan fingerprint density at radius 2 is 1.12 bits per heavy atom. The van der Waals surface area contributed by atoms with Crippen molar-refractivity contribution >= 4 is 23.1 Å². The number of hydrogen-bond acceptors (Lipinski definition) is 8. The Morgan fingerprint density at radius 1 is 0.586 bits per heavy atom. The van der Waals surface area contributed by atoms with E-state index in [9.17, 15) is 9.59 Å². The predicted molar refractivity (Wildman–Crippen MR) is 229 cm³/mol. The fraction of sp³-hybridized carbons (Fsp3) is 0.435. The lowest BCUT2D eigenvalue weighted by Gasteiger charge is -2.18. The van der Waals surface area contributed by atoms with Crippen LogP contribution < -0.4 is 9.47 Å². The summed E-state index contributed by atoms with van der Waals surface area (Å²) in [6, 6.07) is 20.0. The van der Waals surface area contributed by atoms with Crippen LogP contribution in [0.5, 0.6) is 11.5 Å². The summed E-state index contributed by atoms with van der Waals surface area (Å²) in [6.45, 7) is 19.9. The normalized spacial score (nSPS) is 11.4. The number of aromatic nitrogens is 6. The molecule has 0 saturated carbocycles. The highest BCUT2D eigenvalue weighted by Gasteiger charge is 2.23. The molecule has 0 aliphatic rings. The van der Waals surface area contributed by atoms with Crippen molar-refractivity contribution in [3.05, 3.63) is 94.6 Å². The molecule has 0 aliphatic carbocycles. The average molecular weight is 787 g/mol. The van der Waals surface area contributed by atoms with Gasteiger partial charge in [0.15, 0.2) is 11.3 Å². The number of unbranched alkanes of at least 4 members (excludes halogenated alkanes) is 3. The molecular weight excluding hydrogens is 729 g/mol. The van der Waals surface area contributed by atoms with E-state index in [1.54, 1.807) is 0 Å². The van der Waals surface area contributed by atoms with E-state index in [1.165, 1.54) is 0 Å². The first-order valence-electron chi connectivity index (χ1n) is 20.8. The summed E-state index contributed by atoms with van der Waals surface area (Å²) in [5, 5.41) is 9.65. The van der Waals surface area contributed by atoms with E-state index in [-0.39, 0.29) is 24.7 Å². The van der Waals surface area contributed by atoms with Crippen LogP contribution in [-0.2, 0) is 22.4 Å². The number of carbonyl (C=O) groups is 2. The third kappa shape index (κ3) is 9.49. The molecule has 0 atom stereocenters. The van der Waals surface area contributed by atoms with Crippen molar-refractivity contribution in [3.8, 4) is 34.0 Å². The largest absolute Gasteiger partial charge is 0.494 e.